The average Bonchev–Trinajstić information content (AvgIpc) is 3.32. The second kappa shape index (κ2) is 10.7. The van der Waals surface area contributed by atoms with E-state index in [0.717, 1.165) is 57.5 Å². The quantitative estimate of drug-likeness (QED) is 0.656. The van der Waals surface area contributed by atoms with Crippen LogP contribution >= 0.6 is 0 Å². The smallest absolute Gasteiger partial charge is 0.256 e. The number of nitrogens with zero attached hydrogens (tertiary/aromatic N) is 1. The van der Waals surface area contributed by atoms with Gasteiger partial charge in [-0.25, -0.2) is 0 Å². The van der Waals surface area contributed by atoms with Gasteiger partial charge in [-0.15, -0.1) is 0 Å². The number of unbranched alkanes of at least 4 members (excludes halogenated alkanes) is 1. The van der Waals surface area contributed by atoms with E-state index in [9.17, 15) is 9.59 Å². The van der Waals surface area contributed by atoms with E-state index in [0.29, 0.717) is 22.7 Å². The molecule has 1 N–H and O–H groups in total. The first-order valence-electron chi connectivity index (χ1n) is 11.4. The van der Waals surface area contributed by atoms with Crippen LogP contribution in [0.15, 0.2) is 12.1 Å². The lowest BCUT2D eigenvalue weighted by Gasteiger charge is -2.28. The van der Waals surface area contributed by atoms with Gasteiger partial charge in [0.25, 0.3) is 5.91 Å². The second-order valence-corrected chi connectivity index (χ2v) is 8.60. The molecule has 1 heterocycles. The summed E-state index contributed by atoms with van der Waals surface area (Å²) in [5.74, 6) is 1.70. The number of rotatable bonds is 8. The van der Waals surface area contributed by atoms with Gasteiger partial charge in [0, 0.05) is 25.1 Å². The Morgan fingerprint density at radius 2 is 1.67 bits per heavy atom. The molecule has 166 valence electrons. The fourth-order valence-electron chi connectivity index (χ4n) is 4.69. The summed E-state index contributed by atoms with van der Waals surface area (Å²) in [6, 6.07) is 3.41. The van der Waals surface area contributed by atoms with Crippen LogP contribution in [0.25, 0.3) is 0 Å². The monoisotopic (exact) mass is 416 g/mol. The predicted octanol–water partition coefficient (Wildman–Crippen LogP) is 4.87. The van der Waals surface area contributed by atoms with Gasteiger partial charge in [0.15, 0.2) is 11.5 Å². The number of hydrogen-bond acceptors (Lipinski definition) is 4. The summed E-state index contributed by atoms with van der Waals surface area (Å²) in [5, 5.41) is 3.05. The van der Waals surface area contributed by atoms with Crippen molar-refractivity contribution in [2.45, 2.75) is 64.7 Å². The maximum Gasteiger partial charge on any atom is 0.256 e. The first-order chi connectivity index (χ1) is 14.6. The van der Waals surface area contributed by atoms with Crippen molar-refractivity contribution in [1.82, 2.24) is 4.90 Å². The summed E-state index contributed by atoms with van der Waals surface area (Å²) in [7, 11) is 3.11. The molecule has 1 saturated heterocycles. The zero-order chi connectivity index (χ0) is 21.5. The van der Waals surface area contributed by atoms with E-state index in [1.54, 1.807) is 26.4 Å². The van der Waals surface area contributed by atoms with Crippen LogP contribution in [0.5, 0.6) is 11.5 Å². The molecular weight excluding hydrogens is 380 g/mol. The van der Waals surface area contributed by atoms with E-state index < -0.39 is 0 Å². The zero-order valence-electron chi connectivity index (χ0n) is 18.7. The Morgan fingerprint density at radius 3 is 2.27 bits per heavy atom. The van der Waals surface area contributed by atoms with Gasteiger partial charge in [0.1, 0.15) is 0 Å². The SMILES string of the molecule is CCCCC1CCC(C(=O)Nc2cc(OC)c(OC)cc2C(=O)N2CCCC2)CC1. The van der Waals surface area contributed by atoms with Crippen LogP contribution in [0.4, 0.5) is 5.69 Å². The Bertz CT molecular complexity index is 735. The predicted molar refractivity (Wildman–Crippen MR) is 118 cm³/mol. The molecule has 2 aliphatic rings. The van der Waals surface area contributed by atoms with Gasteiger partial charge in [0.2, 0.25) is 5.91 Å². The Labute approximate surface area is 180 Å². The summed E-state index contributed by atoms with van der Waals surface area (Å²) in [6.07, 6.45) is 9.88. The molecule has 1 aromatic carbocycles. The summed E-state index contributed by atoms with van der Waals surface area (Å²) < 4.78 is 10.8. The van der Waals surface area contributed by atoms with Crippen molar-refractivity contribution in [2.24, 2.45) is 11.8 Å². The normalized spacial score (nSPS) is 21.4. The summed E-state index contributed by atoms with van der Waals surface area (Å²) in [4.78, 5) is 28.0. The molecule has 1 aliphatic heterocycles. The van der Waals surface area contributed by atoms with E-state index >= 15 is 0 Å². The van der Waals surface area contributed by atoms with Crippen LogP contribution in [-0.4, -0.2) is 44.0 Å². The number of amides is 2. The molecule has 30 heavy (non-hydrogen) atoms. The molecule has 0 atom stereocenters. The Morgan fingerprint density at radius 1 is 1.03 bits per heavy atom. The number of carbonyl (C=O) groups is 2. The van der Waals surface area contributed by atoms with Crippen molar-refractivity contribution in [3.05, 3.63) is 17.7 Å². The van der Waals surface area contributed by atoms with Crippen LogP contribution in [0.2, 0.25) is 0 Å². The summed E-state index contributed by atoms with van der Waals surface area (Å²) in [5.41, 5.74) is 0.988. The highest BCUT2D eigenvalue weighted by Gasteiger charge is 2.29. The molecule has 1 aromatic rings. The molecule has 2 amide bonds. The topological polar surface area (TPSA) is 67.9 Å². The van der Waals surface area contributed by atoms with Crippen molar-refractivity contribution < 1.29 is 19.1 Å². The van der Waals surface area contributed by atoms with Gasteiger partial charge in [0.05, 0.1) is 25.5 Å². The van der Waals surface area contributed by atoms with Crippen molar-refractivity contribution >= 4 is 17.5 Å². The van der Waals surface area contributed by atoms with Gasteiger partial charge in [-0.3, -0.25) is 9.59 Å². The minimum Gasteiger partial charge on any atom is -0.493 e. The van der Waals surface area contributed by atoms with Crippen LogP contribution < -0.4 is 14.8 Å². The number of hydrogen-bond donors (Lipinski definition) is 1. The number of likely N-dealkylation sites (tertiary alicyclic amines) is 1. The van der Waals surface area contributed by atoms with Gasteiger partial charge in [-0.05, 0) is 50.5 Å². The molecule has 0 radical (unpaired) electrons. The third-order valence-electron chi connectivity index (χ3n) is 6.59. The lowest BCUT2D eigenvalue weighted by molar-refractivity contribution is -0.121. The molecule has 6 nitrogen and oxygen atoms in total. The highest BCUT2D eigenvalue weighted by molar-refractivity contribution is 6.05. The van der Waals surface area contributed by atoms with E-state index in [-0.39, 0.29) is 17.7 Å². The number of ether oxygens (including phenoxy) is 2. The van der Waals surface area contributed by atoms with Gasteiger partial charge in [-0.1, -0.05) is 26.2 Å². The maximum absolute atomic E-state index is 13.1. The molecular formula is C24H36N2O4. The van der Waals surface area contributed by atoms with Gasteiger partial charge in [-0.2, -0.15) is 0 Å². The maximum atomic E-state index is 13.1. The Kier molecular flexibility index (Phi) is 8.00. The lowest BCUT2D eigenvalue weighted by Crippen LogP contribution is -2.31. The number of benzene rings is 1. The molecule has 0 bridgehead atoms. The summed E-state index contributed by atoms with van der Waals surface area (Å²) >= 11 is 0. The van der Waals surface area contributed by atoms with E-state index in [1.807, 2.05) is 4.90 Å². The van der Waals surface area contributed by atoms with E-state index in [2.05, 4.69) is 12.2 Å². The largest absolute Gasteiger partial charge is 0.493 e. The zero-order valence-corrected chi connectivity index (χ0v) is 18.7. The molecule has 1 aliphatic carbocycles. The molecule has 2 fully saturated rings. The molecule has 1 saturated carbocycles. The molecule has 0 aromatic heterocycles. The van der Waals surface area contributed by atoms with E-state index in [4.69, 9.17) is 9.47 Å². The lowest BCUT2D eigenvalue weighted by atomic mass is 9.79. The molecule has 0 unspecified atom stereocenters. The van der Waals surface area contributed by atoms with E-state index in [1.165, 1.54) is 19.3 Å². The van der Waals surface area contributed by atoms with Crippen LogP contribution in [-0.2, 0) is 4.79 Å². The minimum absolute atomic E-state index is 0.00529. The van der Waals surface area contributed by atoms with Crippen molar-refractivity contribution in [1.29, 1.82) is 0 Å². The van der Waals surface area contributed by atoms with Crippen molar-refractivity contribution in [3.63, 3.8) is 0 Å². The second-order valence-electron chi connectivity index (χ2n) is 8.60. The fraction of sp³-hybridized carbons (Fsp3) is 0.667. The number of carbonyl (C=O) groups excluding carboxylic acids is 2. The summed E-state index contributed by atoms with van der Waals surface area (Å²) in [6.45, 7) is 3.73. The molecule has 0 spiro atoms. The number of anilines is 1. The van der Waals surface area contributed by atoms with Gasteiger partial charge >= 0.3 is 0 Å². The van der Waals surface area contributed by atoms with Crippen LogP contribution in [0.1, 0.15) is 75.1 Å². The highest BCUT2D eigenvalue weighted by Crippen LogP contribution is 2.36. The standard InChI is InChI=1S/C24H36N2O4/c1-4-5-8-17-9-11-18(12-10-17)23(27)25-20-16-22(30-3)21(29-2)15-19(20)24(28)26-13-6-7-14-26/h15-18H,4-14H2,1-3H3,(H,25,27). The first-order valence-corrected chi connectivity index (χ1v) is 11.4. The highest BCUT2D eigenvalue weighted by atomic mass is 16.5. The van der Waals surface area contributed by atoms with Crippen molar-refractivity contribution in [2.75, 3.05) is 32.6 Å². The van der Waals surface area contributed by atoms with Crippen LogP contribution in [0, 0.1) is 11.8 Å². The first kappa shape index (κ1) is 22.4. The minimum atomic E-state index is -0.0629. The third-order valence-corrected chi connectivity index (χ3v) is 6.59. The Hall–Kier alpha value is -2.24. The molecule has 6 heteroatoms. The van der Waals surface area contributed by atoms with Crippen LogP contribution in [0.3, 0.4) is 0 Å². The molecule has 3 rings (SSSR count). The number of nitrogens with one attached hydrogen (secondary N) is 1. The third kappa shape index (κ3) is 5.27. The Balaban J connectivity index is 1.75. The fourth-order valence-corrected chi connectivity index (χ4v) is 4.69. The number of methoxy groups -OCH3 is 2. The average molecular weight is 417 g/mol. The van der Waals surface area contributed by atoms with Gasteiger partial charge < -0.3 is 19.7 Å². The van der Waals surface area contributed by atoms with Crippen molar-refractivity contribution in [3.8, 4) is 11.5 Å².